The second-order valence-corrected chi connectivity index (χ2v) is 7.04. The van der Waals surface area contributed by atoms with Crippen LogP contribution in [0.3, 0.4) is 0 Å². The molecular formula is C21H26N2. The highest BCUT2D eigenvalue weighted by molar-refractivity contribution is 5.27. The fourth-order valence-electron chi connectivity index (χ4n) is 4.56. The standard InChI is InChI=1S/C21H26N2/c1-4-10-16(11-5-1)19-20(17-12-6-2-7-13-17)22-23-21(19)18-14-8-3-9-15-18/h2-3,6-9,12-16,19-23H,1,4-5,10-11H2. The highest BCUT2D eigenvalue weighted by atomic mass is 15.4. The molecule has 1 aliphatic carbocycles. The molecule has 2 heteroatoms. The summed E-state index contributed by atoms with van der Waals surface area (Å²) in [7, 11) is 0. The zero-order chi connectivity index (χ0) is 15.5. The molecule has 2 aromatic rings. The Morgan fingerprint density at radius 3 is 1.57 bits per heavy atom. The second-order valence-electron chi connectivity index (χ2n) is 7.04. The minimum Gasteiger partial charge on any atom is -0.249 e. The zero-order valence-corrected chi connectivity index (χ0v) is 13.6. The lowest BCUT2D eigenvalue weighted by atomic mass is 9.71. The fourth-order valence-corrected chi connectivity index (χ4v) is 4.56. The van der Waals surface area contributed by atoms with E-state index in [1.807, 2.05) is 0 Å². The fraction of sp³-hybridized carbons (Fsp3) is 0.429. The number of nitrogens with one attached hydrogen (secondary N) is 2. The predicted octanol–water partition coefficient (Wildman–Crippen LogP) is 4.77. The van der Waals surface area contributed by atoms with Gasteiger partial charge in [-0.05, 0) is 17.0 Å². The molecule has 2 atom stereocenters. The first-order valence-corrected chi connectivity index (χ1v) is 9.04. The van der Waals surface area contributed by atoms with Crippen LogP contribution in [0.15, 0.2) is 60.7 Å². The first kappa shape index (κ1) is 14.9. The van der Waals surface area contributed by atoms with Gasteiger partial charge in [0.25, 0.3) is 0 Å². The molecule has 2 aliphatic rings. The van der Waals surface area contributed by atoms with Crippen LogP contribution in [0.5, 0.6) is 0 Å². The Morgan fingerprint density at radius 2 is 1.09 bits per heavy atom. The molecule has 4 rings (SSSR count). The van der Waals surface area contributed by atoms with Crippen molar-refractivity contribution in [1.29, 1.82) is 0 Å². The van der Waals surface area contributed by atoms with Gasteiger partial charge in [0, 0.05) is 5.92 Å². The summed E-state index contributed by atoms with van der Waals surface area (Å²) in [5, 5.41) is 0. The molecule has 0 bridgehead atoms. The van der Waals surface area contributed by atoms with E-state index in [1.54, 1.807) is 0 Å². The Balaban J connectivity index is 1.67. The Morgan fingerprint density at radius 1 is 0.609 bits per heavy atom. The van der Waals surface area contributed by atoms with Crippen molar-refractivity contribution in [2.75, 3.05) is 0 Å². The van der Waals surface area contributed by atoms with E-state index in [4.69, 9.17) is 0 Å². The van der Waals surface area contributed by atoms with Crippen molar-refractivity contribution < 1.29 is 0 Å². The minimum absolute atomic E-state index is 0.407. The predicted molar refractivity (Wildman–Crippen MR) is 94.7 cm³/mol. The van der Waals surface area contributed by atoms with Gasteiger partial charge >= 0.3 is 0 Å². The summed E-state index contributed by atoms with van der Waals surface area (Å²) in [6.07, 6.45) is 6.95. The van der Waals surface area contributed by atoms with Crippen molar-refractivity contribution in [1.82, 2.24) is 10.9 Å². The van der Waals surface area contributed by atoms with Crippen molar-refractivity contribution in [2.45, 2.75) is 44.2 Å². The van der Waals surface area contributed by atoms with Gasteiger partial charge in [0.05, 0.1) is 12.1 Å². The Labute approximate surface area is 139 Å². The molecule has 23 heavy (non-hydrogen) atoms. The number of hydrazine groups is 1. The molecule has 2 N–H and O–H groups in total. The Bertz CT molecular complexity index is 557. The quantitative estimate of drug-likeness (QED) is 0.853. The smallest absolute Gasteiger partial charge is 0.0512 e. The summed E-state index contributed by atoms with van der Waals surface area (Å²) >= 11 is 0. The third-order valence-electron chi connectivity index (χ3n) is 5.68. The molecule has 2 aromatic carbocycles. The van der Waals surface area contributed by atoms with E-state index in [1.165, 1.54) is 43.2 Å². The van der Waals surface area contributed by atoms with E-state index in [0.29, 0.717) is 18.0 Å². The van der Waals surface area contributed by atoms with Crippen LogP contribution < -0.4 is 10.9 Å². The first-order chi connectivity index (χ1) is 11.4. The zero-order valence-electron chi connectivity index (χ0n) is 13.6. The van der Waals surface area contributed by atoms with Gasteiger partial charge < -0.3 is 0 Å². The second kappa shape index (κ2) is 6.86. The molecule has 2 unspecified atom stereocenters. The highest BCUT2D eigenvalue weighted by Gasteiger charge is 2.42. The van der Waals surface area contributed by atoms with Gasteiger partial charge in [0.15, 0.2) is 0 Å². The Hall–Kier alpha value is -1.64. The molecule has 0 aromatic heterocycles. The van der Waals surface area contributed by atoms with Crippen LogP contribution in [0.4, 0.5) is 0 Å². The van der Waals surface area contributed by atoms with Gasteiger partial charge in [0.2, 0.25) is 0 Å². The van der Waals surface area contributed by atoms with Gasteiger partial charge in [-0.2, -0.15) is 0 Å². The normalized spacial score (nSPS) is 28.8. The lowest BCUT2D eigenvalue weighted by molar-refractivity contribution is 0.211. The summed E-state index contributed by atoms with van der Waals surface area (Å²) in [4.78, 5) is 0. The molecule has 0 spiro atoms. The maximum atomic E-state index is 3.62. The molecular weight excluding hydrogens is 280 g/mol. The van der Waals surface area contributed by atoms with Gasteiger partial charge in [-0.25, -0.2) is 10.9 Å². The summed E-state index contributed by atoms with van der Waals surface area (Å²) in [5.74, 6) is 1.43. The van der Waals surface area contributed by atoms with E-state index in [0.717, 1.165) is 5.92 Å². The number of rotatable bonds is 3. The van der Waals surface area contributed by atoms with Crippen molar-refractivity contribution in [3.8, 4) is 0 Å². The molecule has 0 amide bonds. The van der Waals surface area contributed by atoms with E-state index in [9.17, 15) is 0 Å². The van der Waals surface area contributed by atoms with Gasteiger partial charge in [-0.1, -0.05) is 92.8 Å². The van der Waals surface area contributed by atoms with Crippen molar-refractivity contribution >= 4 is 0 Å². The third kappa shape index (κ3) is 3.06. The largest absolute Gasteiger partial charge is 0.249 e. The van der Waals surface area contributed by atoms with Gasteiger partial charge in [0.1, 0.15) is 0 Å². The highest BCUT2D eigenvalue weighted by Crippen LogP contribution is 2.46. The van der Waals surface area contributed by atoms with Crippen molar-refractivity contribution in [2.24, 2.45) is 11.8 Å². The molecule has 1 heterocycles. The summed E-state index contributed by atoms with van der Waals surface area (Å²) in [6.45, 7) is 0. The summed E-state index contributed by atoms with van der Waals surface area (Å²) in [6, 6.07) is 22.7. The van der Waals surface area contributed by atoms with Gasteiger partial charge in [-0.15, -0.1) is 0 Å². The van der Waals surface area contributed by atoms with Crippen LogP contribution in [0.25, 0.3) is 0 Å². The Kier molecular flexibility index (Phi) is 4.45. The van der Waals surface area contributed by atoms with Crippen LogP contribution in [0, 0.1) is 11.8 Å². The topological polar surface area (TPSA) is 24.1 Å². The summed E-state index contributed by atoms with van der Waals surface area (Å²) < 4.78 is 0. The average molecular weight is 306 g/mol. The number of benzene rings is 2. The lowest BCUT2D eigenvalue weighted by Crippen LogP contribution is -2.27. The van der Waals surface area contributed by atoms with E-state index in [2.05, 4.69) is 71.5 Å². The van der Waals surface area contributed by atoms with Crippen LogP contribution in [0.2, 0.25) is 0 Å². The van der Waals surface area contributed by atoms with Crippen LogP contribution >= 0.6 is 0 Å². The van der Waals surface area contributed by atoms with E-state index >= 15 is 0 Å². The molecule has 1 saturated heterocycles. The van der Waals surface area contributed by atoms with E-state index in [-0.39, 0.29) is 0 Å². The number of hydrogen-bond acceptors (Lipinski definition) is 2. The molecule has 1 aliphatic heterocycles. The SMILES string of the molecule is c1ccc(C2NNC(c3ccccc3)C2C2CCCCC2)cc1. The molecule has 120 valence electrons. The first-order valence-electron chi connectivity index (χ1n) is 9.04. The van der Waals surface area contributed by atoms with Crippen molar-refractivity contribution in [3.05, 3.63) is 71.8 Å². The minimum atomic E-state index is 0.407. The lowest BCUT2D eigenvalue weighted by Gasteiger charge is -2.34. The molecule has 1 saturated carbocycles. The monoisotopic (exact) mass is 306 g/mol. The van der Waals surface area contributed by atoms with Crippen molar-refractivity contribution in [3.63, 3.8) is 0 Å². The van der Waals surface area contributed by atoms with E-state index < -0.39 is 0 Å². The van der Waals surface area contributed by atoms with Crippen LogP contribution in [-0.4, -0.2) is 0 Å². The molecule has 0 radical (unpaired) electrons. The molecule has 2 fully saturated rings. The summed E-state index contributed by atoms with van der Waals surface area (Å²) in [5.41, 5.74) is 10.1. The van der Waals surface area contributed by atoms with Crippen LogP contribution in [-0.2, 0) is 0 Å². The number of hydrogen-bond donors (Lipinski definition) is 2. The average Bonchev–Trinajstić information content (AvgIpc) is 3.09. The maximum Gasteiger partial charge on any atom is 0.0512 e. The third-order valence-corrected chi connectivity index (χ3v) is 5.68. The maximum absolute atomic E-state index is 3.62. The molecule has 2 nitrogen and oxygen atoms in total. The van der Waals surface area contributed by atoms with Gasteiger partial charge in [-0.3, -0.25) is 0 Å². The van der Waals surface area contributed by atoms with Crippen LogP contribution in [0.1, 0.15) is 55.3 Å².